The number of carbonyl (C=O) groups excluding carboxylic acids is 2. The molecular weight excluding hydrogens is 446 g/mol. The van der Waals surface area contributed by atoms with Crippen LogP contribution < -0.4 is 14.8 Å². The van der Waals surface area contributed by atoms with Crippen LogP contribution in [0.4, 0.5) is 4.79 Å². The Morgan fingerprint density at radius 1 is 1.03 bits per heavy atom. The van der Waals surface area contributed by atoms with Crippen LogP contribution in [0.5, 0.6) is 11.5 Å². The lowest BCUT2D eigenvalue weighted by molar-refractivity contribution is -0.156. The van der Waals surface area contributed by atoms with Crippen molar-refractivity contribution in [1.82, 2.24) is 5.32 Å². The molecule has 1 amide bonds. The van der Waals surface area contributed by atoms with Crippen LogP contribution in [-0.4, -0.2) is 43.0 Å². The van der Waals surface area contributed by atoms with Crippen molar-refractivity contribution in [2.75, 3.05) is 7.11 Å². The van der Waals surface area contributed by atoms with Gasteiger partial charge in [0.25, 0.3) is 0 Å². The molecule has 1 fully saturated rings. The SMILES string of the molecule is COc1ccc(C[C@H]2CCC[C@H](NC(=O)OC(C)(C)C)C(=O)O[C@@H](C)[C@@H]2Oc2ccccc2)cc1. The van der Waals surface area contributed by atoms with Gasteiger partial charge in [0.1, 0.15) is 35.3 Å². The fourth-order valence-electron chi connectivity index (χ4n) is 4.29. The zero-order chi connectivity index (χ0) is 25.4. The average molecular weight is 484 g/mol. The molecule has 1 saturated heterocycles. The summed E-state index contributed by atoms with van der Waals surface area (Å²) in [5.74, 6) is 1.14. The normalized spacial score (nSPS) is 23.2. The number of methoxy groups -OCH3 is 1. The summed E-state index contributed by atoms with van der Waals surface area (Å²) < 4.78 is 22.9. The highest BCUT2D eigenvalue weighted by atomic mass is 16.6. The van der Waals surface area contributed by atoms with E-state index in [4.69, 9.17) is 18.9 Å². The molecule has 0 aromatic heterocycles. The van der Waals surface area contributed by atoms with Crippen molar-refractivity contribution in [3.63, 3.8) is 0 Å². The van der Waals surface area contributed by atoms with E-state index in [1.165, 1.54) is 0 Å². The highest BCUT2D eigenvalue weighted by Crippen LogP contribution is 2.29. The van der Waals surface area contributed by atoms with Gasteiger partial charge in [0, 0.05) is 5.92 Å². The fourth-order valence-corrected chi connectivity index (χ4v) is 4.29. The average Bonchev–Trinajstić information content (AvgIpc) is 2.85. The molecule has 1 N–H and O–H groups in total. The molecule has 2 aromatic rings. The summed E-state index contributed by atoms with van der Waals surface area (Å²) in [6.07, 6.45) is 1.23. The Balaban J connectivity index is 1.80. The Hall–Kier alpha value is -3.22. The van der Waals surface area contributed by atoms with Crippen molar-refractivity contribution in [2.24, 2.45) is 5.92 Å². The minimum atomic E-state index is -0.774. The second-order valence-electron chi connectivity index (χ2n) is 9.98. The first-order valence-corrected chi connectivity index (χ1v) is 12.2. The van der Waals surface area contributed by atoms with E-state index in [1.54, 1.807) is 27.9 Å². The molecule has 0 unspecified atom stereocenters. The number of amides is 1. The predicted octanol–water partition coefficient (Wildman–Crippen LogP) is 5.31. The molecule has 7 heteroatoms. The van der Waals surface area contributed by atoms with Crippen LogP contribution in [0.1, 0.15) is 52.5 Å². The number of hydrogen-bond donors (Lipinski definition) is 1. The molecule has 35 heavy (non-hydrogen) atoms. The first-order valence-electron chi connectivity index (χ1n) is 12.2. The third kappa shape index (κ3) is 8.19. The number of benzene rings is 2. The van der Waals surface area contributed by atoms with Gasteiger partial charge in [-0.25, -0.2) is 9.59 Å². The highest BCUT2D eigenvalue weighted by Gasteiger charge is 2.36. The summed E-state index contributed by atoms with van der Waals surface area (Å²) in [5.41, 5.74) is 0.497. The Morgan fingerprint density at radius 2 is 1.71 bits per heavy atom. The van der Waals surface area contributed by atoms with Gasteiger partial charge in [-0.15, -0.1) is 0 Å². The van der Waals surface area contributed by atoms with E-state index in [9.17, 15) is 9.59 Å². The highest BCUT2D eigenvalue weighted by molar-refractivity contribution is 5.81. The number of ether oxygens (including phenoxy) is 4. The molecule has 0 aliphatic carbocycles. The first-order chi connectivity index (χ1) is 16.6. The van der Waals surface area contributed by atoms with E-state index < -0.39 is 29.8 Å². The van der Waals surface area contributed by atoms with E-state index in [1.807, 2.05) is 49.4 Å². The number of rotatable bonds is 6. The molecule has 190 valence electrons. The molecule has 1 aliphatic heterocycles. The smallest absolute Gasteiger partial charge is 0.408 e. The summed E-state index contributed by atoms with van der Waals surface area (Å²) in [4.78, 5) is 25.3. The van der Waals surface area contributed by atoms with E-state index in [-0.39, 0.29) is 12.0 Å². The molecule has 0 radical (unpaired) electrons. The second-order valence-corrected chi connectivity index (χ2v) is 9.98. The molecule has 7 nitrogen and oxygen atoms in total. The van der Waals surface area contributed by atoms with Crippen molar-refractivity contribution in [1.29, 1.82) is 0 Å². The van der Waals surface area contributed by atoms with E-state index in [0.29, 0.717) is 6.42 Å². The molecular formula is C28H37NO6. The maximum Gasteiger partial charge on any atom is 0.408 e. The maximum absolute atomic E-state index is 13.0. The van der Waals surface area contributed by atoms with Gasteiger partial charge in [0.05, 0.1) is 7.11 Å². The third-order valence-electron chi connectivity index (χ3n) is 5.94. The molecule has 1 heterocycles. The van der Waals surface area contributed by atoms with E-state index >= 15 is 0 Å². The second kappa shape index (κ2) is 12.0. The largest absolute Gasteiger partial charge is 0.497 e. The van der Waals surface area contributed by atoms with Gasteiger partial charge in [-0.2, -0.15) is 0 Å². The first kappa shape index (κ1) is 26.4. The van der Waals surface area contributed by atoms with E-state index in [0.717, 1.165) is 36.3 Å². The van der Waals surface area contributed by atoms with Crippen LogP contribution in [0, 0.1) is 5.92 Å². The number of para-hydroxylation sites is 1. The van der Waals surface area contributed by atoms with Crippen molar-refractivity contribution in [2.45, 2.75) is 77.2 Å². The van der Waals surface area contributed by atoms with Crippen LogP contribution in [0.3, 0.4) is 0 Å². The summed E-state index contributed by atoms with van der Waals surface area (Å²) in [5, 5.41) is 2.69. The zero-order valence-corrected chi connectivity index (χ0v) is 21.3. The van der Waals surface area contributed by atoms with Crippen LogP contribution >= 0.6 is 0 Å². The monoisotopic (exact) mass is 483 g/mol. The minimum Gasteiger partial charge on any atom is -0.497 e. The van der Waals surface area contributed by atoms with Gasteiger partial charge in [-0.1, -0.05) is 36.8 Å². The minimum absolute atomic E-state index is 0.0895. The summed E-state index contributed by atoms with van der Waals surface area (Å²) in [6.45, 7) is 7.20. The van der Waals surface area contributed by atoms with Crippen LogP contribution in [0.25, 0.3) is 0 Å². The van der Waals surface area contributed by atoms with Gasteiger partial charge in [-0.3, -0.25) is 0 Å². The molecule has 3 rings (SSSR count). The topological polar surface area (TPSA) is 83.1 Å². The zero-order valence-electron chi connectivity index (χ0n) is 21.3. The molecule has 0 saturated carbocycles. The van der Waals surface area contributed by atoms with Crippen molar-refractivity contribution in [3.05, 3.63) is 60.2 Å². The van der Waals surface area contributed by atoms with Crippen LogP contribution in [0.15, 0.2) is 54.6 Å². The molecule has 0 spiro atoms. The van der Waals surface area contributed by atoms with Crippen molar-refractivity contribution < 1.29 is 28.5 Å². The maximum atomic E-state index is 13.0. The van der Waals surface area contributed by atoms with Crippen LogP contribution in [-0.2, 0) is 20.7 Å². The molecule has 4 atom stereocenters. The van der Waals surface area contributed by atoms with Gasteiger partial charge in [0.15, 0.2) is 0 Å². The third-order valence-corrected chi connectivity index (χ3v) is 5.94. The standard InChI is InChI=1S/C28H37NO6/c1-19-25(34-23-11-7-6-8-12-23)21(18-20-14-16-22(32-5)17-15-20)10-9-13-24(26(30)33-19)29-27(31)35-28(2,3)4/h6-8,11-12,14-17,19,21,24-25H,9-10,13,18H2,1-5H3,(H,29,31)/t19-,21+,24-,25-/m0/s1. The lowest BCUT2D eigenvalue weighted by atomic mass is 9.86. The van der Waals surface area contributed by atoms with Gasteiger partial charge in [-0.05, 0) is 76.8 Å². The number of cyclic esters (lactones) is 1. The Morgan fingerprint density at radius 3 is 2.34 bits per heavy atom. The molecule has 0 bridgehead atoms. The predicted molar refractivity (Wildman–Crippen MR) is 134 cm³/mol. The summed E-state index contributed by atoms with van der Waals surface area (Å²) in [6, 6.07) is 16.8. The number of nitrogens with one attached hydrogen (secondary N) is 1. The summed E-state index contributed by atoms with van der Waals surface area (Å²) >= 11 is 0. The van der Waals surface area contributed by atoms with Gasteiger partial charge < -0.3 is 24.3 Å². The van der Waals surface area contributed by atoms with Crippen LogP contribution in [0.2, 0.25) is 0 Å². The number of alkyl carbamates (subject to hydrolysis) is 1. The fraction of sp³-hybridized carbons (Fsp3) is 0.500. The Kier molecular flexibility index (Phi) is 9.01. The molecule has 2 aromatic carbocycles. The van der Waals surface area contributed by atoms with Crippen molar-refractivity contribution in [3.8, 4) is 11.5 Å². The molecule has 1 aliphatic rings. The number of esters is 1. The number of carbonyl (C=O) groups is 2. The lowest BCUT2D eigenvalue weighted by Gasteiger charge is -2.32. The Bertz CT molecular complexity index is 954. The number of hydrogen-bond acceptors (Lipinski definition) is 6. The van der Waals surface area contributed by atoms with E-state index in [2.05, 4.69) is 17.4 Å². The van der Waals surface area contributed by atoms with Gasteiger partial charge >= 0.3 is 12.1 Å². The quantitative estimate of drug-likeness (QED) is 0.561. The summed E-state index contributed by atoms with van der Waals surface area (Å²) in [7, 11) is 1.65. The van der Waals surface area contributed by atoms with Gasteiger partial charge in [0.2, 0.25) is 0 Å². The lowest BCUT2D eigenvalue weighted by Crippen LogP contribution is -2.46. The Labute approximate surface area is 208 Å². The van der Waals surface area contributed by atoms with Crippen molar-refractivity contribution >= 4 is 12.1 Å².